The fourth-order valence-corrected chi connectivity index (χ4v) is 1.50. The third kappa shape index (κ3) is 2.11. The van der Waals surface area contributed by atoms with E-state index in [1.54, 1.807) is 13.0 Å². The van der Waals surface area contributed by atoms with Crippen LogP contribution in [0.4, 0.5) is 4.39 Å². The van der Waals surface area contributed by atoms with E-state index < -0.39 is 5.54 Å². The zero-order valence-electron chi connectivity index (χ0n) is 8.55. The van der Waals surface area contributed by atoms with Crippen LogP contribution >= 0.6 is 0 Å². The fraction of sp³-hybridized carbons (Fsp3) is 0.455. The van der Waals surface area contributed by atoms with Crippen molar-refractivity contribution >= 4 is 0 Å². The monoisotopic (exact) mass is 197 g/mol. The van der Waals surface area contributed by atoms with Crippen LogP contribution in [0.2, 0.25) is 0 Å². The third-order valence-electron chi connectivity index (χ3n) is 2.39. The van der Waals surface area contributed by atoms with Gasteiger partial charge in [0.15, 0.2) is 0 Å². The molecule has 0 aliphatic heterocycles. The molecule has 3 heteroatoms. The molecule has 1 aromatic rings. The summed E-state index contributed by atoms with van der Waals surface area (Å²) in [7, 11) is 0. The number of aliphatic hydroxyl groups excluding tert-OH is 1. The molecule has 0 radical (unpaired) electrons. The molecule has 0 aromatic heterocycles. The van der Waals surface area contributed by atoms with E-state index in [1.807, 2.05) is 6.92 Å². The molecule has 3 N–H and O–H groups in total. The van der Waals surface area contributed by atoms with Crippen molar-refractivity contribution in [3.63, 3.8) is 0 Å². The van der Waals surface area contributed by atoms with Gasteiger partial charge in [0.1, 0.15) is 5.82 Å². The van der Waals surface area contributed by atoms with Gasteiger partial charge in [-0.05, 0) is 36.6 Å². The van der Waals surface area contributed by atoms with Gasteiger partial charge < -0.3 is 10.8 Å². The lowest BCUT2D eigenvalue weighted by Gasteiger charge is -2.25. The van der Waals surface area contributed by atoms with Crippen LogP contribution in [0.25, 0.3) is 0 Å². The van der Waals surface area contributed by atoms with E-state index in [1.165, 1.54) is 12.1 Å². The van der Waals surface area contributed by atoms with Crippen LogP contribution < -0.4 is 5.73 Å². The molecule has 1 rings (SSSR count). The number of aryl methyl sites for hydroxylation is 1. The van der Waals surface area contributed by atoms with Crippen LogP contribution in [0, 0.1) is 5.82 Å². The maximum atomic E-state index is 12.9. The highest BCUT2D eigenvalue weighted by Crippen LogP contribution is 2.22. The Kier molecular flexibility index (Phi) is 3.24. The second-order valence-electron chi connectivity index (χ2n) is 3.73. The van der Waals surface area contributed by atoms with Crippen molar-refractivity contribution in [2.45, 2.75) is 25.8 Å². The molecule has 0 aliphatic carbocycles. The molecule has 0 spiro atoms. The average Bonchev–Trinajstić information content (AvgIpc) is 2.17. The molecule has 0 saturated heterocycles. The minimum Gasteiger partial charge on any atom is -0.394 e. The highest BCUT2D eigenvalue weighted by atomic mass is 19.1. The fourth-order valence-electron chi connectivity index (χ4n) is 1.50. The molecule has 14 heavy (non-hydrogen) atoms. The van der Waals surface area contributed by atoms with Crippen LogP contribution in [0.1, 0.15) is 25.0 Å². The first-order valence-corrected chi connectivity index (χ1v) is 4.70. The van der Waals surface area contributed by atoms with Crippen molar-refractivity contribution < 1.29 is 9.50 Å². The maximum Gasteiger partial charge on any atom is 0.123 e. The molecule has 0 bridgehead atoms. The molecule has 2 nitrogen and oxygen atoms in total. The zero-order valence-corrected chi connectivity index (χ0v) is 8.55. The van der Waals surface area contributed by atoms with Gasteiger partial charge in [0.05, 0.1) is 12.1 Å². The van der Waals surface area contributed by atoms with Crippen molar-refractivity contribution in [2.24, 2.45) is 5.73 Å². The molecule has 0 fully saturated rings. The number of rotatable bonds is 3. The van der Waals surface area contributed by atoms with Gasteiger partial charge in [-0.25, -0.2) is 4.39 Å². The molecular formula is C11H16FNO. The summed E-state index contributed by atoms with van der Waals surface area (Å²) >= 11 is 0. The van der Waals surface area contributed by atoms with Crippen LogP contribution in [0.15, 0.2) is 18.2 Å². The Balaban J connectivity index is 3.20. The van der Waals surface area contributed by atoms with Gasteiger partial charge in [-0.15, -0.1) is 0 Å². The average molecular weight is 197 g/mol. The van der Waals surface area contributed by atoms with Crippen molar-refractivity contribution in [1.29, 1.82) is 0 Å². The lowest BCUT2D eigenvalue weighted by molar-refractivity contribution is 0.209. The van der Waals surface area contributed by atoms with Gasteiger partial charge in [-0.1, -0.05) is 13.0 Å². The maximum absolute atomic E-state index is 12.9. The van der Waals surface area contributed by atoms with E-state index in [4.69, 9.17) is 10.8 Å². The summed E-state index contributed by atoms with van der Waals surface area (Å²) in [5, 5.41) is 9.12. The van der Waals surface area contributed by atoms with E-state index in [9.17, 15) is 4.39 Å². The predicted molar refractivity (Wildman–Crippen MR) is 54.4 cm³/mol. The lowest BCUT2D eigenvalue weighted by atomic mass is 9.89. The van der Waals surface area contributed by atoms with Crippen molar-refractivity contribution in [3.05, 3.63) is 35.1 Å². The summed E-state index contributed by atoms with van der Waals surface area (Å²) in [4.78, 5) is 0. The Bertz CT molecular complexity index is 323. The predicted octanol–water partition coefficient (Wildman–Crippen LogP) is 1.55. The first-order valence-electron chi connectivity index (χ1n) is 4.70. The minimum atomic E-state index is -0.793. The second kappa shape index (κ2) is 4.07. The summed E-state index contributed by atoms with van der Waals surface area (Å²) in [5.74, 6) is -0.265. The Labute approximate surface area is 83.6 Å². The third-order valence-corrected chi connectivity index (χ3v) is 2.39. The molecule has 0 amide bonds. The lowest BCUT2D eigenvalue weighted by Crippen LogP contribution is -2.37. The molecule has 78 valence electrons. The number of hydrogen-bond donors (Lipinski definition) is 2. The van der Waals surface area contributed by atoms with Crippen LogP contribution in [0.3, 0.4) is 0 Å². The topological polar surface area (TPSA) is 46.2 Å². The van der Waals surface area contributed by atoms with Crippen molar-refractivity contribution in [2.75, 3.05) is 6.61 Å². The Morgan fingerprint density at radius 3 is 2.64 bits per heavy atom. The Hall–Kier alpha value is -0.930. The number of benzene rings is 1. The summed E-state index contributed by atoms with van der Waals surface area (Å²) in [6.45, 7) is 3.52. The van der Waals surface area contributed by atoms with Crippen LogP contribution in [-0.4, -0.2) is 11.7 Å². The molecule has 0 saturated carbocycles. The molecule has 0 aliphatic rings. The van der Waals surface area contributed by atoms with Gasteiger partial charge in [0, 0.05) is 0 Å². The largest absolute Gasteiger partial charge is 0.394 e. The Morgan fingerprint density at radius 1 is 1.50 bits per heavy atom. The second-order valence-corrected chi connectivity index (χ2v) is 3.73. The molecule has 1 aromatic carbocycles. The van der Waals surface area contributed by atoms with Crippen LogP contribution in [0.5, 0.6) is 0 Å². The zero-order chi connectivity index (χ0) is 10.8. The van der Waals surface area contributed by atoms with Gasteiger partial charge in [-0.2, -0.15) is 0 Å². The standard InChI is InChI=1S/C11H16FNO/c1-3-8-6-9(12)4-5-10(8)11(2,13)7-14/h4-6,14H,3,7,13H2,1-2H3/t11-/m0/s1. The van der Waals surface area contributed by atoms with E-state index in [-0.39, 0.29) is 12.4 Å². The SMILES string of the molecule is CCc1cc(F)ccc1[C@@](C)(N)CO. The smallest absolute Gasteiger partial charge is 0.123 e. The van der Waals surface area contributed by atoms with E-state index in [2.05, 4.69) is 0 Å². The summed E-state index contributed by atoms with van der Waals surface area (Å²) in [6.07, 6.45) is 0.708. The van der Waals surface area contributed by atoms with Gasteiger partial charge in [0.25, 0.3) is 0 Å². The van der Waals surface area contributed by atoms with Gasteiger partial charge in [-0.3, -0.25) is 0 Å². The Morgan fingerprint density at radius 2 is 2.14 bits per heavy atom. The quantitative estimate of drug-likeness (QED) is 0.772. The van der Waals surface area contributed by atoms with Crippen LogP contribution in [-0.2, 0) is 12.0 Å². The van der Waals surface area contributed by atoms with E-state index in [0.29, 0.717) is 6.42 Å². The highest BCUT2D eigenvalue weighted by Gasteiger charge is 2.22. The summed E-state index contributed by atoms with van der Waals surface area (Å²) < 4.78 is 12.9. The summed E-state index contributed by atoms with van der Waals surface area (Å²) in [6, 6.07) is 4.48. The van der Waals surface area contributed by atoms with Gasteiger partial charge >= 0.3 is 0 Å². The number of nitrogens with two attached hydrogens (primary N) is 1. The number of aliphatic hydroxyl groups is 1. The van der Waals surface area contributed by atoms with E-state index in [0.717, 1.165) is 11.1 Å². The summed E-state index contributed by atoms with van der Waals surface area (Å²) in [5.41, 5.74) is 6.76. The van der Waals surface area contributed by atoms with Gasteiger partial charge in [0.2, 0.25) is 0 Å². The molecule has 1 atom stereocenters. The highest BCUT2D eigenvalue weighted by molar-refractivity contribution is 5.33. The number of halogens is 1. The first-order chi connectivity index (χ1) is 6.51. The molecule has 0 heterocycles. The number of hydrogen-bond acceptors (Lipinski definition) is 2. The van der Waals surface area contributed by atoms with Crippen molar-refractivity contribution in [1.82, 2.24) is 0 Å². The minimum absolute atomic E-state index is 0.147. The molecular weight excluding hydrogens is 181 g/mol. The van der Waals surface area contributed by atoms with E-state index >= 15 is 0 Å². The first kappa shape index (κ1) is 11.1. The molecule has 0 unspecified atom stereocenters. The normalized spacial score (nSPS) is 15.2. The van der Waals surface area contributed by atoms with Crippen molar-refractivity contribution in [3.8, 4) is 0 Å².